The van der Waals surface area contributed by atoms with Crippen LogP contribution >= 0.6 is 0 Å². The van der Waals surface area contributed by atoms with E-state index in [0.29, 0.717) is 0 Å². The number of rotatable bonds is 8. The van der Waals surface area contributed by atoms with Crippen LogP contribution in [-0.4, -0.2) is 56.2 Å². The van der Waals surface area contributed by atoms with Gasteiger partial charge in [0.2, 0.25) is 0 Å². The van der Waals surface area contributed by atoms with Crippen LogP contribution in [-0.2, 0) is 6.54 Å². The molecule has 2 aromatic carbocycles. The smallest absolute Gasteiger partial charge is 0.119 e. The van der Waals surface area contributed by atoms with Gasteiger partial charge in [-0.25, -0.2) is 0 Å². The van der Waals surface area contributed by atoms with Crippen molar-refractivity contribution in [3.05, 3.63) is 59.7 Å². The molecule has 1 aliphatic rings. The average Bonchev–Trinajstić information content (AvgIpc) is 2.73. The molecule has 0 amide bonds. The van der Waals surface area contributed by atoms with Gasteiger partial charge in [-0.05, 0) is 48.4 Å². The van der Waals surface area contributed by atoms with Crippen LogP contribution in [0.15, 0.2) is 48.5 Å². The van der Waals surface area contributed by atoms with Gasteiger partial charge in [0.25, 0.3) is 0 Å². The number of nitrogens with zero attached hydrogens (tertiary/aromatic N) is 3. The van der Waals surface area contributed by atoms with Gasteiger partial charge in [-0.3, -0.25) is 4.90 Å². The molecule has 0 bridgehead atoms. The lowest BCUT2D eigenvalue weighted by atomic mass is 10.1. The Morgan fingerprint density at radius 1 is 0.889 bits per heavy atom. The maximum absolute atomic E-state index is 8.87. The summed E-state index contributed by atoms with van der Waals surface area (Å²) in [5, 5.41) is 8.87. The lowest BCUT2D eigenvalue weighted by molar-refractivity contribution is 0.121. The summed E-state index contributed by atoms with van der Waals surface area (Å²) in [4.78, 5) is 4.98. The van der Waals surface area contributed by atoms with Crippen molar-refractivity contribution in [1.82, 2.24) is 9.80 Å². The Morgan fingerprint density at radius 3 is 2.15 bits per heavy atom. The third kappa shape index (κ3) is 5.99. The minimum atomic E-state index is 0.723. The minimum absolute atomic E-state index is 0.723. The van der Waals surface area contributed by atoms with Crippen molar-refractivity contribution >= 4 is 0 Å². The van der Waals surface area contributed by atoms with Crippen LogP contribution in [0.25, 0.3) is 0 Å². The van der Waals surface area contributed by atoms with E-state index in [1.54, 1.807) is 7.11 Å². The fourth-order valence-corrected chi connectivity index (χ4v) is 3.26. The highest BCUT2D eigenvalue weighted by Gasteiger charge is 2.16. The molecule has 5 heteroatoms. The summed E-state index contributed by atoms with van der Waals surface area (Å²) >= 11 is 0. The van der Waals surface area contributed by atoms with Crippen LogP contribution in [0.2, 0.25) is 0 Å². The van der Waals surface area contributed by atoms with Crippen molar-refractivity contribution in [1.29, 1.82) is 5.26 Å². The Bertz CT molecular complexity index is 730. The molecular weight excluding hydrogens is 338 g/mol. The lowest BCUT2D eigenvalue weighted by Gasteiger charge is -2.34. The summed E-state index contributed by atoms with van der Waals surface area (Å²) in [6.45, 7) is 7.12. The zero-order valence-corrected chi connectivity index (χ0v) is 15.9. The van der Waals surface area contributed by atoms with Gasteiger partial charge < -0.3 is 14.4 Å². The number of methoxy groups -OCH3 is 1. The first-order valence-electron chi connectivity index (χ1n) is 9.47. The number of benzene rings is 2. The third-order valence-electron chi connectivity index (χ3n) is 4.90. The molecule has 1 fully saturated rings. The van der Waals surface area contributed by atoms with Gasteiger partial charge >= 0.3 is 0 Å². The van der Waals surface area contributed by atoms with Crippen LogP contribution in [0.1, 0.15) is 17.5 Å². The molecule has 0 atom stereocenters. The van der Waals surface area contributed by atoms with E-state index in [4.69, 9.17) is 14.7 Å². The Kier molecular flexibility index (Phi) is 7.09. The zero-order chi connectivity index (χ0) is 18.9. The molecule has 0 N–H and O–H groups in total. The molecule has 0 unspecified atom stereocenters. The molecule has 0 aliphatic carbocycles. The van der Waals surface area contributed by atoms with Crippen LogP contribution in [0.4, 0.5) is 0 Å². The van der Waals surface area contributed by atoms with E-state index in [9.17, 15) is 0 Å². The Labute approximate surface area is 161 Å². The summed E-state index contributed by atoms with van der Waals surface area (Å²) in [7, 11) is 1.67. The maximum atomic E-state index is 8.87. The van der Waals surface area contributed by atoms with Gasteiger partial charge in [-0.2, -0.15) is 5.26 Å². The first-order chi connectivity index (χ1) is 13.3. The summed E-state index contributed by atoms with van der Waals surface area (Å²) in [5.74, 6) is 1.74. The van der Waals surface area contributed by atoms with Crippen molar-refractivity contribution in [3.8, 4) is 17.6 Å². The molecule has 1 heterocycles. The van der Waals surface area contributed by atoms with Crippen LogP contribution in [0, 0.1) is 11.3 Å². The number of hydrogen-bond acceptors (Lipinski definition) is 5. The first-order valence-corrected chi connectivity index (χ1v) is 9.47. The van der Waals surface area contributed by atoms with Crippen LogP contribution in [0.3, 0.4) is 0 Å². The van der Waals surface area contributed by atoms with Crippen LogP contribution < -0.4 is 9.47 Å². The monoisotopic (exact) mass is 365 g/mol. The van der Waals surface area contributed by atoms with E-state index < -0.39 is 0 Å². The molecule has 1 aliphatic heterocycles. The van der Waals surface area contributed by atoms with Gasteiger partial charge in [0.05, 0.1) is 25.3 Å². The van der Waals surface area contributed by atoms with E-state index in [2.05, 4.69) is 28.0 Å². The fraction of sp³-hybridized carbons (Fsp3) is 0.409. The third-order valence-corrected chi connectivity index (χ3v) is 4.90. The molecule has 2 aromatic rings. The first kappa shape index (κ1) is 19.2. The second kappa shape index (κ2) is 9.96. The second-order valence-corrected chi connectivity index (χ2v) is 6.80. The Balaban J connectivity index is 1.31. The van der Waals surface area contributed by atoms with E-state index >= 15 is 0 Å². The van der Waals surface area contributed by atoms with Gasteiger partial charge in [-0.1, -0.05) is 12.1 Å². The summed E-state index contributed by atoms with van der Waals surface area (Å²) < 4.78 is 11.0. The molecule has 0 radical (unpaired) electrons. The van der Waals surface area contributed by atoms with Gasteiger partial charge in [0.1, 0.15) is 11.5 Å². The summed E-state index contributed by atoms with van der Waals surface area (Å²) in [6, 6.07) is 17.8. The predicted octanol–water partition coefficient (Wildman–Crippen LogP) is 3.15. The topological polar surface area (TPSA) is 48.7 Å². The van der Waals surface area contributed by atoms with Crippen molar-refractivity contribution in [2.75, 3.05) is 46.4 Å². The molecule has 27 heavy (non-hydrogen) atoms. The van der Waals surface area contributed by atoms with Gasteiger partial charge in [0, 0.05) is 39.3 Å². The second-order valence-electron chi connectivity index (χ2n) is 6.80. The van der Waals surface area contributed by atoms with E-state index in [1.165, 1.54) is 5.56 Å². The normalized spacial score (nSPS) is 15.3. The van der Waals surface area contributed by atoms with Crippen LogP contribution in [0.5, 0.6) is 11.5 Å². The quantitative estimate of drug-likeness (QED) is 0.673. The van der Waals surface area contributed by atoms with Crippen molar-refractivity contribution in [2.45, 2.75) is 13.0 Å². The molecular formula is C22H27N3O2. The highest BCUT2D eigenvalue weighted by atomic mass is 16.5. The van der Waals surface area contributed by atoms with E-state index in [-0.39, 0.29) is 0 Å². The summed E-state index contributed by atoms with van der Waals surface area (Å²) in [5.41, 5.74) is 2.00. The molecule has 0 aromatic heterocycles. The standard InChI is InChI=1S/C22H27N3O2/c1-26-21-7-9-22(10-8-21)27-16-2-11-24-12-14-25(15-13-24)18-20-5-3-19(17-23)4-6-20/h3-10H,2,11-16,18H2,1H3. The largest absolute Gasteiger partial charge is 0.497 e. The molecule has 142 valence electrons. The fourth-order valence-electron chi connectivity index (χ4n) is 3.26. The zero-order valence-electron chi connectivity index (χ0n) is 15.9. The molecule has 3 rings (SSSR count). The van der Waals surface area contributed by atoms with Crippen molar-refractivity contribution in [2.24, 2.45) is 0 Å². The molecule has 5 nitrogen and oxygen atoms in total. The molecule has 0 saturated carbocycles. The average molecular weight is 365 g/mol. The number of piperazine rings is 1. The number of nitriles is 1. The van der Waals surface area contributed by atoms with Crippen molar-refractivity contribution in [3.63, 3.8) is 0 Å². The van der Waals surface area contributed by atoms with Gasteiger partial charge in [0.15, 0.2) is 0 Å². The summed E-state index contributed by atoms with van der Waals surface area (Å²) in [6.07, 6.45) is 1.03. The maximum Gasteiger partial charge on any atom is 0.119 e. The Morgan fingerprint density at radius 2 is 1.52 bits per heavy atom. The van der Waals surface area contributed by atoms with E-state index in [1.807, 2.05) is 36.4 Å². The molecule has 1 saturated heterocycles. The lowest BCUT2D eigenvalue weighted by Crippen LogP contribution is -2.46. The predicted molar refractivity (Wildman–Crippen MR) is 106 cm³/mol. The SMILES string of the molecule is COc1ccc(OCCCN2CCN(Cc3ccc(C#N)cc3)CC2)cc1. The highest BCUT2D eigenvalue weighted by Crippen LogP contribution is 2.17. The Hall–Kier alpha value is -2.55. The van der Waals surface area contributed by atoms with E-state index in [0.717, 1.165) is 69.4 Å². The highest BCUT2D eigenvalue weighted by molar-refractivity contribution is 5.32. The van der Waals surface area contributed by atoms with Crippen molar-refractivity contribution < 1.29 is 9.47 Å². The minimum Gasteiger partial charge on any atom is -0.497 e. The number of ether oxygens (including phenoxy) is 2. The number of hydrogen-bond donors (Lipinski definition) is 0. The molecule has 0 spiro atoms. The van der Waals surface area contributed by atoms with Gasteiger partial charge in [-0.15, -0.1) is 0 Å².